The van der Waals surface area contributed by atoms with Crippen molar-refractivity contribution in [1.82, 2.24) is 0 Å². The van der Waals surface area contributed by atoms with Gasteiger partial charge in [-0.1, -0.05) is 17.7 Å². The first-order valence-electron chi connectivity index (χ1n) is 6.83. The number of fused-ring (bicyclic) bond motifs is 1. The molecular formula is C15H13ClN2O3S2. The van der Waals surface area contributed by atoms with Crippen molar-refractivity contribution < 1.29 is 13.2 Å². The first-order valence-corrected chi connectivity index (χ1v) is 9.63. The van der Waals surface area contributed by atoms with Gasteiger partial charge in [0.05, 0.1) is 5.56 Å². The Kier molecular flexibility index (Phi) is 4.37. The Bertz CT molecular complexity index is 903. The zero-order valence-corrected chi connectivity index (χ0v) is 14.3. The van der Waals surface area contributed by atoms with E-state index in [1.807, 2.05) is 18.2 Å². The number of nitrogens with zero attached hydrogens (tertiary/aromatic N) is 1. The monoisotopic (exact) mass is 368 g/mol. The van der Waals surface area contributed by atoms with E-state index in [2.05, 4.69) is 4.99 Å². The molecule has 23 heavy (non-hydrogen) atoms. The van der Waals surface area contributed by atoms with E-state index < -0.39 is 15.9 Å². The molecule has 1 atom stereocenters. The Labute approximate surface area is 142 Å². The Morgan fingerprint density at radius 1 is 1.39 bits per heavy atom. The number of hydrogen-bond donors (Lipinski definition) is 1. The molecule has 2 N–H and O–H groups in total. The van der Waals surface area contributed by atoms with E-state index in [4.69, 9.17) is 16.7 Å². The van der Waals surface area contributed by atoms with Crippen LogP contribution < -0.4 is 5.14 Å². The number of nitrogens with two attached hydrogens (primary N) is 1. The Hall–Kier alpha value is -1.54. The quantitative estimate of drug-likeness (QED) is 0.844. The molecule has 1 heterocycles. The standard InChI is InChI=1S/C15H13ClN2O3S2/c16-12-3-4-13-9(5-12)1-2-10(13)7-18-15(19)11-6-14(22-8-11)23(17,20)21/h3-8,10H,1-2H2,(H2,17,20,21)/b18-7-. The van der Waals surface area contributed by atoms with E-state index >= 15 is 0 Å². The number of amides is 1. The normalized spacial score (nSPS) is 17.6. The average molecular weight is 369 g/mol. The smallest absolute Gasteiger partial charge is 0.267 e. The lowest BCUT2D eigenvalue weighted by molar-refractivity contribution is 0.100. The maximum Gasteiger partial charge on any atom is 0.277 e. The predicted octanol–water partition coefficient (Wildman–Crippen LogP) is 2.99. The second kappa shape index (κ2) is 6.16. The maximum atomic E-state index is 12.1. The largest absolute Gasteiger partial charge is 0.277 e. The van der Waals surface area contributed by atoms with Crippen LogP contribution in [0.2, 0.25) is 5.02 Å². The van der Waals surface area contributed by atoms with E-state index in [0.29, 0.717) is 5.02 Å². The fraction of sp³-hybridized carbons (Fsp3) is 0.200. The van der Waals surface area contributed by atoms with E-state index in [1.165, 1.54) is 17.0 Å². The predicted molar refractivity (Wildman–Crippen MR) is 91.0 cm³/mol. The van der Waals surface area contributed by atoms with Gasteiger partial charge in [0, 0.05) is 22.5 Å². The number of aryl methyl sites for hydroxylation is 1. The minimum atomic E-state index is -3.79. The summed E-state index contributed by atoms with van der Waals surface area (Å²) in [6.07, 6.45) is 3.39. The van der Waals surface area contributed by atoms with Crippen LogP contribution in [0.3, 0.4) is 0 Å². The first kappa shape index (κ1) is 16.3. The van der Waals surface area contributed by atoms with Crippen molar-refractivity contribution in [3.05, 3.63) is 51.4 Å². The van der Waals surface area contributed by atoms with Gasteiger partial charge < -0.3 is 0 Å². The van der Waals surface area contributed by atoms with Crippen molar-refractivity contribution in [3.63, 3.8) is 0 Å². The first-order chi connectivity index (χ1) is 10.8. The van der Waals surface area contributed by atoms with Crippen LogP contribution in [0, 0.1) is 0 Å². The number of thiophene rings is 1. The van der Waals surface area contributed by atoms with Crippen LogP contribution in [0.15, 0.2) is 38.8 Å². The minimum absolute atomic E-state index is 0.0445. The van der Waals surface area contributed by atoms with E-state index in [9.17, 15) is 13.2 Å². The fourth-order valence-electron chi connectivity index (χ4n) is 2.58. The molecule has 3 rings (SSSR count). The van der Waals surface area contributed by atoms with Gasteiger partial charge in [-0.2, -0.15) is 0 Å². The topological polar surface area (TPSA) is 89.6 Å². The third-order valence-electron chi connectivity index (χ3n) is 3.70. The highest BCUT2D eigenvalue weighted by Crippen LogP contribution is 2.33. The third-order valence-corrected chi connectivity index (χ3v) is 6.33. The van der Waals surface area contributed by atoms with Crippen molar-refractivity contribution in [2.24, 2.45) is 10.1 Å². The van der Waals surface area contributed by atoms with Gasteiger partial charge in [-0.3, -0.25) is 4.79 Å². The molecule has 0 aliphatic heterocycles. The Balaban J connectivity index is 1.77. The number of benzene rings is 1. The number of aliphatic imine (C=N–C) groups is 1. The number of carbonyl (C=O) groups is 1. The molecule has 2 aromatic rings. The van der Waals surface area contributed by atoms with E-state index in [-0.39, 0.29) is 15.7 Å². The van der Waals surface area contributed by atoms with Gasteiger partial charge in [0.15, 0.2) is 0 Å². The molecule has 0 saturated carbocycles. The number of rotatable bonds is 3. The van der Waals surface area contributed by atoms with Crippen molar-refractivity contribution in [3.8, 4) is 0 Å². The molecule has 0 bridgehead atoms. The van der Waals surface area contributed by atoms with Gasteiger partial charge in [-0.25, -0.2) is 18.5 Å². The summed E-state index contributed by atoms with van der Waals surface area (Å²) in [5.74, 6) is -0.402. The number of primary sulfonamides is 1. The molecule has 1 unspecified atom stereocenters. The second-order valence-electron chi connectivity index (χ2n) is 5.27. The molecule has 1 amide bonds. The van der Waals surface area contributed by atoms with Crippen LogP contribution in [-0.2, 0) is 16.4 Å². The summed E-state index contributed by atoms with van der Waals surface area (Å²) in [5, 5.41) is 7.18. The van der Waals surface area contributed by atoms with Gasteiger partial charge in [-0.15, -0.1) is 11.3 Å². The van der Waals surface area contributed by atoms with E-state index in [1.54, 1.807) is 6.21 Å². The summed E-state index contributed by atoms with van der Waals surface area (Å²) in [7, 11) is -3.79. The van der Waals surface area contributed by atoms with Gasteiger partial charge in [0.1, 0.15) is 4.21 Å². The average Bonchev–Trinajstić information content (AvgIpc) is 3.11. The fourth-order valence-corrected chi connectivity index (χ4v) is 4.36. The zero-order valence-electron chi connectivity index (χ0n) is 11.9. The second-order valence-corrected chi connectivity index (χ2v) is 8.41. The van der Waals surface area contributed by atoms with Crippen molar-refractivity contribution in [2.75, 3.05) is 0 Å². The van der Waals surface area contributed by atoms with Crippen LogP contribution in [0.5, 0.6) is 0 Å². The molecule has 1 aromatic carbocycles. The lowest BCUT2D eigenvalue weighted by Crippen LogP contribution is -2.10. The molecule has 120 valence electrons. The van der Waals surface area contributed by atoms with Crippen molar-refractivity contribution in [1.29, 1.82) is 0 Å². The highest BCUT2D eigenvalue weighted by Gasteiger charge is 2.21. The number of hydrogen-bond acceptors (Lipinski definition) is 4. The number of carbonyl (C=O) groups excluding carboxylic acids is 1. The summed E-state index contributed by atoms with van der Waals surface area (Å²) >= 11 is 6.88. The minimum Gasteiger partial charge on any atom is -0.267 e. The molecular weight excluding hydrogens is 356 g/mol. The van der Waals surface area contributed by atoms with Crippen LogP contribution >= 0.6 is 22.9 Å². The molecule has 1 aliphatic rings. The highest BCUT2D eigenvalue weighted by atomic mass is 35.5. The zero-order chi connectivity index (χ0) is 16.6. The van der Waals surface area contributed by atoms with E-state index in [0.717, 1.165) is 29.7 Å². The molecule has 5 nitrogen and oxygen atoms in total. The lowest BCUT2D eigenvalue weighted by Gasteiger charge is -2.04. The highest BCUT2D eigenvalue weighted by molar-refractivity contribution is 7.91. The molecule has 1 aromatic heterocycles. The summed E-state index contributed by atoms with van der Waals surface area (Å²) in [6.45, 7) is 0. The summed E-state index contributed by atoms with van der Waals surface area (Å²) in [6, 6.07) is 6.97. The molecule has 0 fully saturated rings. The summed E-state index contributed by atoms with van der Waals surface area (Å²) in [5.41, 5.74) is 2.53. The Morgan fingerprint density at radius 2 is 2.17 bits per heavy atom. The van der Waals surface area contributed by atoms with Crippen molar-refractivity contribution in [2.45, 2.75) is 23.0 Å². The molecule has 1 aliphatic carbocycles. The third kappa shape index (κ3) is 3.53. The lowest BCUT2D eigenvalue weighted by atomic mass is 10.0. The summed E-state index contributed by atoms with van der Waals surface area (Å²) < 4.78 is 22.4. The molecule has 0 saturated heterocycles. The number of sulfonamides is 1. The molecule has 0 radical (unpaired) electrons. The maximum absolute atomic E-state index is 12.1. The Morgan fingerprint density at radius 3 is 2.87 bits per heavy atom. The van der Waals surface area contributed by atoms with Crippen LogP contribution in [0.4, 0.5) is 0 Å². The molecule has 0 spiro atoms. The van der Waals surface area contributed by atoms with Crippen LogP contribution in [0.25, 0.3) is 0 Å². The van der Waals surface area contributed by atoms with Gasteiger partial charge >= 0.3 is 0 Å². The van der Waals surface area contributed by atoms with Gasteiger partial charge in [0.2, 0.25) is 10.0 Å². The van der Waals surface area contributed by atoms with Crippen LogP contribution in [0.1, 0.15) is 33.8 Å². The van der Waals surface area contributed by atoms with Gasteiger partial charge in [-0.05, 0) is 42.2 Å². The van der Waals surface area contributed by atoms with Crippen LogP contribution in [-0.4, -0.2) is 20.5 Å². The number of halogens is 1. The summed E-state index contributed by atoms with van der Waals surface area (Å²) in [4.78, 5) is 16.0. The SMILES string of the molecule is NS(=O)(=O)c1cc(C(=O)/N=C\C2CCc3cc(Cl)ccc32)cs1. The van der Waals surface area contributed by atoms with Crippen molar-refractivity contribution >= 4 is 45.1 Å². The van der Waals surface area contributed by atoms with Gasteiger partial charge in [0.25, 0.3) is 5.91 Å². The molecule has 8 heteroatoms.